The second-order valence-corrected chi connectivity index (χ2v) is 16.2. The largest absolute Gasteiger partial charge is 0.356 e. The number of urea groups is 1. The summed E-state index contributed by atoms with van der Waals surface area (Å²) in [5.41, 5.74) is 0.885. The minimum absolute atomic E-state index is 0.00407. The van der Waals surface area contributed by atoms with Gasteiger partial charge in [-0.1, -0.05) is 66.0 Å². The number of halogens is 2. The summed E-state index contributed by atoms with van der Waals surface area (Å²) in [5.74, 6) is -0.795. The number of likely N-dealkylation sites (tertiary alicyclic amines) is 2. The molecule has 2 fully saturated rings. The Kier molecular flexibility index (Phi) is 18.3. The molecule has 0 saturated carbocycles. The number of benzene rings is 2. The molecule has 2 aliphatic rings. The molecule has 7 amide bonds. The Bertz CT molecular complexity index is 1700. The monoisotopic (exact) mass is 845 g/mol. The van der Waals surface area contributed by atoms with Crippen molar-refractivity contribution < 1.29 is 28.8 Å². The third-order valence-corrected chi connectivity index (χ3v) is 11.6. The van der Waals surface area contributed by atoms with E-state index in [1.165, 1.54) is 6.92 Å². The standard InChI is InChI=1S/C41H57Cl2N7O6S/c1-3-44-39(55)41(24-29-12-6-4-7-13-29)18-11-21-50(27-41)38(54)34(23-30-16-17-32(42)33(43)22-30)48-40(56)47-31-14-10-20-49(25-31)36(52)15-8-5-9-19-45-37(53)35(26-57)46-28(2)51/h4,6-7,12-13,16-17,22,31,34-35,57H,3,5,8-11,14-15,18-21,23-27H2,1-2H3,(H,44,55)(H,45,53)(H,46,51)(H2,47,48,56)/t31-,34?,35+,41+/m1/s1. The Hall–Kier alpha value is -4.01. The summed E-state index contributed by atoms with van der Waals surface area (Å²) >= 11 is 16.6. The van der Waals surface area contributed by atoms with Crippen molar-refractivity contribution in [3.63, 3.8) is 0 Å². The van der Waals surface area contributed by atoms with E-state index in [2.05, 4.69) is 39.2 Å². The first-order valence-corrected chi connectivity index (χ1v) is 21.3. The highest BCUT2D eigenvalue weighted by molar-refractivity contribution is 7.80. The van der Waals surface area contributed by atoms with Crippen LogP contribution < -0.4 is 26.6 Å². The summed E-state index contributed by atoms with van der Waals surface area (Å²) in [4.78, 5) is 81.8. The zero-order valence-electron chi connectivity index (χ0n) is 32.9. The minimum atomic E-state index is -0.968. The molecule has 4 rings (SSSR count). The van der Waals surface area contributed by atoms with E-state index < -0.39 is 23.5 Å². The number of hydrogen-bond acceptors (Lipinski definition) is 7. The Morgan fingerprint density at radius 1 is 0.877 bits per heavy atom. The summed E-state index contributed by atoms with van der Waals surface area (Å²) < 4.78 is 0. The molecular formula is C41H57Cl2N7O6S. The molecule has 1 unspecified atom stereocenters. The van der Waals surface area contributed by atoms with Crippen LogP contribution >= 0.6 is 35.8 Å². The van der Waals surface area contributed by atoms with Crippen LogP contribution in [0.3, 0.4) is 0 Å². The lowest BCUT2D eigenvalue weighted by Gasteiger charge is -2.43. The van der Waals surface area contributed by atoms with Gasteiger partial charge in [0.15, 0.2) is 0 Å². The molecule has 2 saturated heterocycles. The van der Waals surface area contributed by atoms with E-state index >= 15 is 0 Å². The van der Waals surface area contributed by atoms with Crippen molar-refractivity contribution in [1.29, 1.82) is 0 Å². The van der Waals surface area contributed by atoms with Crippen LogP contribution in [0.15, 0.2) is 48.5 Å². The number of hydrogen-bond donors (Lipinski definition) is 6. The van der Waals surface area contributed by atoms with E-state index in [9.17, 15) is 28.8 Å². The smallest absolute Gasteiger partial charge is 0.315 e. The first kappa shape index (κ1) is 45.7. The van der Waals surface area contributed by atoms with Crippen LogP contribution in [0.25, 0.3) is 0 Å². The SMILES string of the molecule is CCNC(=O)[C@]1(Cc2ccccc2)CCCN(C(=O)C(Cc2ccc(Cl)c(Cl)c2)NC(=O)N[C@@H]2CCCN(C(=O)CCCCCNC(=O)[C@H](CS)NC(C)=O)C2)C1. The van der Waals surface area contributed by atoms with Gasteiger partial charge in [0.2, 0.25) is 29.5 Å². The summed E-state index contributed by atoms with van der Waals surface area (Å²) in [6, 6.07) is 12.4. The normalized spacial score (nSPS) is 19.1. The third kappa shape index (κ3) is 14.1. The highest BCUT2D eigenvalue weighted by Crippen LogP contribution is 2.35. The zero-order valence-corrected chi connectivity index (χ0v) is 35.3. The molecular weight excluding hydrogens is 789 g/mol. The third-order valence-electron chi connectivity index (χ3n) is 10.5. The maximum atomic E-state index is 14.4. The van der Waals surface area contributed by atoms with E-state index in [1.807, 2.05) is 37.3 Å². The van der Waals surface area contributed by atoms with Gasteiger partial charge in [-0.2, -0.15) is 12.6 Å². The number of rotatable bonds is 18. The average molecular weight is 847 g/mol. The topological polar surface area (TPSA) is 169 Å². The van der Waals surface area contributed by atoms with Crippen molar-refractivity contribution in [3.05, 3.63) is 69.7 Å². The van der Waals surface area contributed by atoms with Crippen molar-refractivity contribution in [2.75, 3.05) is 45.0 Å². The fraction of sp³-hybridized carbons (Fsp3) is 0.561. The van der Waals surface area contributed by atoms with Gasteiger partial charge < -0.3 is 36.4 Å². The fourth-order valence-corrected chi connectivity index (χ4v) is 8.18. The van der Waals surface area contributed by atoms with Crippen LogP contribution in [-0.4, -0.2) is 109 Å². The summed E-state index contributed by atoms with van der Waals surface area (Å²) in [6.45, 7) is 5.71. The highest BCUT2D eigenvalue weighted by atomic mass is 35.5. The molecule has 5 N–H and O–H groups in total. The van der Waals surface area contributed by atoms with Gasteiger partial charge in [0.05, 0.1) is 15.5 Å². The molecule has 0 bridgehead atoms. The van der Waals surface area contributed by atoms with E-state index in [0.29, 0.717) is 99.7 Å². The maximum absolute atomic E-state index is 14.4. The molecule has 0 aromatic heterocycles. The van der Waals surface area contributed by atoms with Gasteiger partial charge in [0.25, 0.3) is 0 Å². The van der Waals surface area contributed by atoms with Crippen molar-refractivity contribution >= 4 is 71.4 Å². The van der Waals surface area contributed by atoms with Crippen molar-refractivity contribution in [2.45, 2.75) is 96.2 Å². The van der Waals surface area contributed by atoms with Crippen LogP contribution in [0, 0.1) is 5.41 Å². The molecule has 2 aliphatic heterocycles. The quantitative estimate of drug-likeness (QED) is 0.0967. The molecule has 16 heteroatoms. The lowest BCUT2D eigenvalue weighted by Crippen LogP contribution is -2.60. The number of amides is 7. The summed E-state index contributed by atoms with van der Waals surface area (Å²) in [5, 5.41) is 15.0. The van der Waals surface area contributed by atoms with Crippen molar-refractivity contribution in [2.24, 2.45) is 5.41 Å². The molecule has 0 radical (unpaired) electrons. The van der Waals surface area contributed by atoms with E-state index in [1.54, 1.807) is 28.0 Å². The molecule has 4 atom stereocenters. The van der Waals surface area contributed by atoms with Crippen molar-refractivity contribution in [1.82, 2.24) is 36.4 Å². The molecule has 57 heavy (non-hydrogen) atoms. The van der Waals surface area contributed by atoms with E-state index in [4.69, 9.17) is 23.2 Å². The Morgan fingerprint density at radius 2 is 1.63 bits per heavy atom. The highest BCUT2D eigenvalue weighted by Gasteiger charge is 2.44. The van der Waals surface area contributed by atoms with Gasteiger partial charge in [-0.25, -0.2) is 4.79 Å². The number of unbranched alkanes of at least 4 members (excludes halogenated alkanes) is 2. The zero-order chi connectivity index (χ0) is 41.4. The summed E-state index contributed by atoms with van der Waals surface area (Å²) in [6.07, 6.45) is 5.67. The van der Waals surface area contributed by atoms with Crippen LogP contribution in [0.1, 0.15) is 76.3 Å². The average Bonchev–Trinajstić information content (AvgIpc) is 3.19. The molecule has 2 heterocycles. The Labute approximate surface area is 351 Å². The molecule has 2 aromatic carbocycles. The first-order valence-electron chi connectivity index (χ1n) is 19.9. The van der Waals surface area contributed by atoms with Gasteiger partial charge >= 0.3 is 6.03 Å². The van der Waals surface area contributed by atoms with Crippen LogP contribution in [0.2, 0.25) is 10.0 Å². The van der Waals surface area contributed by atoms with Crippen LogP contribution in [0.4, 0.5) is 4.79 Å². The minimum Gasteiger partial charge on any atom is -0.356 e. The predicted octanol–water partition coefficient (Wildman–Crippen LogP) is 4.29. The molecule has 2 aromatic rings. The number of thiol groups is 1. The fourth-order valence-electron chi connectivity index (χ4n) is 7.60. The predicted molar refractivity (Wildman–Crippen MR) is 225 cm³/mol. The van der Waals surface area contributed by atoms with Gasteiger partial charge in [0.1, 0.15) is 12.1 Å². The number of carbonyl (C=O) groups excluding carboxylic acids is 6. The van der Waals surface area contributed by atoms with Gasteiger partial charge in [0, 0.05) is 70.8 Å². The Morgan fingerprint density at radius 3 is 2.33 bits per heavy atom. The summed E-state index contributed by atoms with van der Waals surface area (Å²) in [7, 11) is 0. The van der Waals surface area contributed by atoms with Crippen molar-refractivity contribution in [3.8, 4) is 0 Å². The lowest BCUT2D eigenvalue weighted by molar-refractivity contribution is -0.143. The van der Waals surface area contributed by atoms with Gasteiger partial charge in [-0.05, 0) is 75.1 Å². The number of carbonyl (C=O) groups is 6. The first-order chi connectivity index (χ1) is 27.3. The number of piperidine rings is 2. The second-order valence-electron chi connectivity index (χ2n) is 15.0. The molecule has 312 valence electrons. The molecule has 0 spiro atoms. The maximum Gasteiger partial charge on any atom is 0.315 e. The van der Waals surface area contributed by atoms with E-state index in [0.717, 1.165) is 12.0 Å². The molecule has 0 aliphatic carbocycles. The van der Waals surface area contributed by atoms with Gasteiger partial charge in [-0.15, -0.1) is 0 Å². The van der Waals surface area contributed by atoms with Gasteiger partial charge in [-0.3, -0.25) is 24.0 Å². The van der Waals surface area contributed by atoms with Crippen LogP contribution in [0.5, 0.6) is 0 Å². The van der Waals surface area contributed by atoms with Crippen LogP contribution in [-0.2, 0) is 36.8 Å². The Balaban J connectivity index is 1.35. The van der Waals surface area contributed by atoms with E-state index in [-0.39, 0.29) is 54.3 Å². The molecule has 13 nitrogen and oxygen atoms in total. The second kappa shape index (κ2) is 22.8. The number of nitrogens with zero attached hydrogens (tertiary/aromatic N) is 2. The lowest BCUT2D eigenvalue weighted by atomic mass is 9.74. The number of nitrogens with one attached hydrogen (secondary N) is 5.